The molecule has 0 aliphatic heterocycles. The van der Waals surface area contributed by atoms with Gasteiger partial charge in [-0.25, -0.2) is 10.2 Å². The number of nitrogen functional groups attached to an aromatic ring is 1. The molecule has 5 nitrogen and oxygen atoms in total. The van der Waals surface area contributed by atoms with Crippen molar-refractivity contribution in [3.8, 4) is 0 Å². The molecule has 0 saturated heterocycles. The Labute approximate surface area is 103 Å². The van der Waals surface area contributed by atoms with Crippen LogP contribution in [-0.2, 0) is 9.53 Å². The van der Waals surface area contributed by atoms with Crippen molar-refractivity contribution in [2.75, 3.05) is 19.5 Å². The summed E-state index contributed by atoms with van der Waals surface area (Å²) in [4.78, 5) is 12.0. The lowest BCUT2D eigenvalue weighted by molar-refractivity contribution is -0.121. The van der Waals surface area contributed by atoms with Crippen molar-refractivity contribution in [2.45, 2.75) is 10.1 Å². The van der Waals surface area contributed by atoms with E-state index in [4.69, 9.17) is 16.3 Å². The van der Waals surface area contributed by atoms with Crippen molar-refractivity contribution in [3.05, 3.63) is 24.0 Å². The van der Waals surface area contributed by atoms with Gasteiger partial charge >= 0.3 is 0 Å². The molecule has 0 saturated carbocycles. The zero-order valence-corrected chi connectivity index (χ0v) is 10.1. The number of nitrogens with one attached hydrogen (secondary N) is 1. The fourth-order valence-electron chi connectivity index (χ4n) is 1.22. The van der Waals surface area contributed by atoms with Crippen LogP contribution in [0.25, 0.3) is 0 Å². The minimum absolute atomic E-state index is 0.171. The second kappa shape index (κ2) is 6.43. The van der Waals surface area contributed by atoms with Crippen molar-refractivity contribution >= 4 is 23.4 Å². The fourth-order valence-corrected chi connectivity index (χ4v) is 2.32. The summed E-state index contributed by atoms with van der Waals surface area (Å²) >= 11 is 1.14. The summed E-state index contributed by atoms with van der Waals surface area (Å²) in [6.45, 7) is 0.171. The molecule has 0 aromatic heterocycles. The van der Waals surface area contributed by atoms with Crippen LogP contribution in [0.1, 0.15) is 0 Å². The number of anilines is 1. The van der Waals surface area contributed by atoms with Crippen LogP contribution in [-0.4, -0.2) is 24.9 Å². The van der Waals surface area contributed by atoms with E-state index in [1.54, 1.807) is 6.07 Å². The van der Waals surface area contributed by atoms with Gasteiger partial charge in [-0.2, -0.15) is 0 Å². The number of hydrogen-bond acceptors (Lipinski definition) is 5. The summed E-state index contributed by atoms with van der Waals surface area (Å²) in [5.41, 5.74) is 7.85. The number of rotatable bonds is 5. The maximum atomic E-state index is 13.1. The highest BCUT2D eigenvalue weighted by atomic mass is 32.2. The number of benzene rings is 1. The minimum atomic E-state index is -0.550. The Morgan fingerprint density at radius 2 is 2.29 bits per heavy atom. The van der Waals surface area contributed by atoms with E-state index in [0.717, 1.165) is 11.8 Å². The molecule has 0 spiro atoms. The molecule has 94 valence electrons. The predicted octanol–water partition coefficient (Wildman–Crippen LogP) is 0.505. The maximum absolute atomic E-state index is 13.1. The molecule has 1 amide bonds. The zero-order valence-electron chi connectivity index (χ0n) is 9.27. The summed E-state index contributed by atoms with van der Waals surface area (Å²) in [7, 11) is 1.47. The highest BCUT2D eigenvalue weighted by molar-refractivity contribution is 8.00. The third-order valence-electron chi connectivity index (χ3n) is 1.92. The number of hydrogen-bond donors (Lipinski definition) is 3. The molecular formula is C10H14FN3O2S. The molecule has 0 bridgehead atoms. The van der Waals surface area contributed by atoms with E-state index in [1.807, 2.05) is 5.43 Å². The Bertz CT molecular complexity index is 383. The fraction of sp³-hybridized carbons (Fsp3) is 0.300. The molecule has 7 heteroatoms. The quantitative estimate of drug-likeness (QED) is 0.235. The van der Waals surface area contributed by atoms with Gasteiger partial charge in [-0.1, -0.05) is 0 Å². The first-order valence-corrected chi connectivity index (χ1v) is 5.67. The van der Waals surface area contributed by atoms with E-state index in [-0.39, 0.29) is 12.5 Å². The predicted molar refractivity (Wildman–Crippen MR) is 64.7 cm³/mol. The third-order valence-corrected chi connectivity index (χ3v) is 3.07. The van der Waals surface area contributed by atoms with Crippen molar-refractivity contribution in [2.24, 2.45) is 5.84 Å². The van der Waals surface area contributed by atoms with Gasteiger partial charge in [0.1, 0.15) is 11.1 Å². The van der Waals surface area contributed by atoms with Gasteiger partial charge in [0.25, 0.3) is 0 Å². The monoisotopic (exact) mass is 259 g/mol. The topological polar surface area (TPSA) is 90.4 Å². The lowest BCUT2D eigenvalue weighted by Gasteiger charge is -2.14. The first-order valence-electron chi connectivity index (χ1n) is 4.79. The summed E-state index contributed by atoms with van der Waals surface area (Å²) in [6.07, 6.45) is 0. The van der Waals surface area contributed by atoms with Crippen LogP contribution in [0.3, 0.4) is 0 Å². The van der Waals surface area contributed by atoms with Crippen LogP contribution < -0.4 is 17.0 Å². The van der Waals surface area contributed by atoms with Crippen LogP contribution in [0.4, 0.5) is 10.1 Å². The Hall–Kier alpha value is -1.31. The summed E-state index contributed by atoms with van der Waals surface area (Å²) in [6, 6.07) is 4.09. The van der Waals surface area contributed by atoms with Gasteiger partial charge in [-0.05, 0) is 18.2 Å². The Morgan fingerprint density at radius 1 is 1.59 bits per heavy atom. The van der Waals surface area contributed by atoms with Crippen molar-refractivity contribution in [1.82, 2.24) is 5.43 Å². The van der Waals surface area contributed by atoms with Crippen LogP contribution in [0.5, 0.6) is 0 Å². The van der Waals surface area contributed by atoms with Gasteiger partial charge < -0.3 is 10.5 Å². The molecule has 0 aliphatic carbocycles. The SMILES string of the molecule is COCC(Sc1cc(N)cc(F)c1)C(=O)NN. The summed E-state index contributed by atoms with van der Waals surface area (Å²) < 4.78 is 18.0. The number of halogens is 1. The molecule has 0 aliphatic rings. The van der Waals surface area contributed by atoms with Gasteiger partial charge in [0.2, 0.25) is 5.91 Å². The minimum Gasteiger partial charge on any atom is -0.399 e. The molecule has 0 fully saturated rings. The van der Waals surface area contributed by atoms with E-state index in [1.165, 1.54) is 19.2 Å². The van der Waals surface area contributed by atoms with Gasteiger partial charge in [-0.15, -0.1) is 11.8 Å². The second-order valence-corrected chi connectivity index (χ2v) is 4.57. The molecule has 0 heterocycles. The highest BCUT2D eigenvalue weighted by Gasteiger charge is 2.19. The molecule has 1 atom stereocenters. The number of ether oxygens (including phenoxy) is 1. The molecule has 1 aromatic carbocycles. The van der Waals surface area contributed by atoms with Gasteiger partial charge in [0.05, 0.1) is 6.61 Å². The van der Waals surface area contributed by atoms with Crippen molar-refractivity contribution in [3.63, 3.8) is 0 Å². The number of nitrogens with two attached hydrogens (primary N) is 2. The molecular weight excluding hydrogens is 245 g/mol. The largest absolute Gasteiger partial charge is 0.399 e. The number of carbonyl (C=O) groups excluding carboxylic acids is 1. The number of thioether (sulfide) groups is 1. The normalized spacial score (nSPS) is 12.2. The number of methoxy groups -OCH3 is 1. The number of hydrazine groups is 1. The Morgan fingerprint density at radius 3 is 2.82 bits per heavy atom. The first kappa shape index (κ1) is 13.8. The van der Waals surface area contributed by atoms with Crippen molar-refractivity contribution < 1.29 is 13.9 Å². The number of carbonyl (C=O) groups is 1. The lowest BCUT2D eigenvalue weighted by Crippen LogP contribution is -2.39. The highest BCUT2D eigenvalue weighted by Crippen LogP contribution is 2.26. The number of amides is 1. The smallest absolute Gasteiger partial charge is 0.249 e. The van der Waals surface area contributed by atoms with E-state index in [2.05, 4.69) is 0 Å². The molecule has 1 aromatic rings. The van der Waals surface area contributed by atoms with E-state index in [9.17, 15) is 9.18 Å². The van der Waals surface area contributed by atoms with Crippen LogP contribution in [0.2, 0.25) is 0 Å². The Balaban J connectivity index is 2.81. The van der Waals surface area contributed by atoms with Gasteiger partial charge in [0.15, 0.2) is 0 Å². The average molecular weight is 259 g/mol. The third kappa shape index (κ3) is 4.22. The maximum Gasteiger partial charge on any atom is 0.249 e. The summed E-state index contributed by atoms with van der Waals surface area (Å²) in [5.74, 6) is 4.21. The zero-order chi connectivity index (χ0) is 12.8. The van der Waals surface area contributed by atoms with Crippen LogP contribution >= 0.6 is 11.8 Å². The van der Waals surface area contributed by atoms with E-state index < -0.39 is 11.1 Å². The van der Waals surface area contributed by atoms with Crippen LogP contribution in [0, 0.1) is 5.82 Å². The average Bonchev–Trinajstić information content (AvgIpc) is 2.26. The van der Waals surface area contributed by atoms with Gasteiger partial charge in [0, 0.05) is 17.7 Å². The van der Waals surface area contributed by atoms with Gasteiger partial charge in [-0.3, -0.25) is 10.2 Å². The van der Waals surface area contributed by atoms with E-state index in [0.29, 0.717) is 10.6 Å². The van der Waals surface area contributed by atoms with Crippen molar-refractivity contribution in [1.29, 1.82) is 0 Å². The first-order chi connectivity index (χ1) is 8.06. The lowest BCUT2D eigenvalue weighted by atomic mass is 10.3. The summed E-state index contributed by atoms with van der Waals surface area (Å²) in [5, 5.41) is -0.550. The second-order valence-electron chi connectivity index (χ2n) is 3.29. The molecule has 0 radical (unpaired) electrons. The standard InChI is InChI=1S/C10H14FN3O2S/c1-16-5-9(10(15)14-13)17-8-3-6(11)2-7(12)4-8/h2-4,9H,5,12-13H2,1H3,(H,14,15). The molecule has 1 rings (SSSR count). The molecule has 17 heavy (non-hydrogen) atoms. The van der Waals surface area contributed by atoms with Crippen LogP contribution in [0.15, 0.2) is 23.1 Å². The Kier molecular flexibility index (Phi) is 5.20. The van der Waals surface area contributed by atoms with E-state index >= 15 is 0 Å². The molecule has 5 N–H and O–H groups in total. The molecule has 1 unspecified atom stereocenters.